The lowest BCUT2D eigenvalue weighted by molar-refractivity contribution is -0.387. The van der Waals surface area contributed by atoms with Gasteiger partial charge in [0.2, 0.25) is 0 Å². The molecule has 14 heteroatoms. The highest BCUT2D eigenvalue weighted by atomic mass is 35.5. The lowest BCUT2D eigenvalue weighted by atomic mass is 9.75. The van der Waals surface area contributed by atoms with Crippen LogP contribution in [0, 0.1) is 36.3 Å². The van der Waals surface area contributed by atoms with E-state index in [2.05, 4.69) is 5.32 Å². The van der Waals surface area contributed by atoms with E-state index in [0.717, 1.165) is 12.1 Å². The van der Waals surface area contributed by atoms with Gasteiger partial charge in [-0.1, -0.05) is 24.3 Å². The maximum Gasteiger partial charge on any atom is 0.337 e. The summed E-state index contributed by atoms with van der Waals surface area (Å²) in [5.74, 6) is -2.35. The number of non-ortho nitro benzene ring substituents is 1. The maximum absolute atomic E-state index is 12.1. The van der Waals surface area contributed by atoms with Gasteiger partial charge in [0.1, 0.15) is 0 Å². The lowest BCUT2D eigenvalue weighted by Crippen LogP contribution is -2.33. The summed E-state index contributed by atoms with van der Waals surface area (Å²) in [4.78, 5) is 45.7. The number of nitro groups is 3. The molecule has 3 aromatic rings. The third-order valence-electron chi connectivity index (χ3n) is 7.18. The SMILES string of the molecule is O=C(O)c1ccc([N+](=O)[O-])c2c1N[C@@H](c1ccc([N+](=O)[O-])cc1)[C@H]1C[C@H](Sc3ccccc3[N+](=O)[O-])[C@@H](Cl)[C@@H]21. The summed E-state index contributed by atoms with van der Waals surface area (Å²) in [7, 11) is 0. The maximum atomic E-state index is 12.1. The monoisotopic (exact) mass is 570 g/mol. The van der Waals surface area contributed by atoms with Crippen molar-refractivity contribution in [1.82, 2.24) is 0 Å². The molecule has 0 aromatic heterocycles. The van der Waals surface area contributed by atoms with Gasteiger partial charge in [-0.3, -0.25) is 30.3 Å². The van der Waals surface area contributed by atoms with Crippen molar-refractivity contribution in [3.63, 3.8) is 0 Å². The van der Waals surface area contributed by atoms with Crippen molar-refractivity contribution >= 4 is 52.1 Å². The second kappa shape index (κ2) is 10.2. The molecule has 5 rings (SSSR count). The van der Waals surface area contributed by atoms with Crippen LogP contribution in [0.25, 0.3) is 0 Å². The molecule has 0 unspecified atom stereocenters. The summed E-state index contributed by atoms with van der Waals surface area (Å²) in [6.45, 7) is 0. The Balaban J connectivity index is 1.65. The predicted octanol–water partition coefficient (Wildman–Crippen LogP) is 6.15. The quantitative estimate of drug-likeness (QED) is 0.190. The molecule has 0 radical (unpaired) electrons. The average Bonchev–Trinajstić information content (AvgIpc) is 3.23. The van der Waals surface area contributed by atoms with Crippen LogP contribution >= 0.6 is 23.4 Å². The second-order valence-electron chi connectivity index (χ2n) is 9.20. The van der Waals surface area contributed by atoms with E-state index in [-0.39, 0.29) is 39.8 Å². The van der Waals surface area contributed by atoms with Gasteiger partial charge in [-0.15, -0.1) is 23.4 Å². The highest BCUT2D eigenvalue weighted by Gasteiger charge is 2.53. The van der Waals surface area contributed by atoms with Gasteiger partial charge < -0.3 is 10.4 Å². The molecule has 2 N–H and O–H groups in total. The number of para-hydroxylation sites is 1. The van der Waals surface area contributed by atoms with Gasteiger partial charge in [0.15, 0.2) is 0 Å². The number of fused-ring (bicyclic) bond motifs is 3. The van der Waals surface area contributed by atoms with E-state index in [9.17, 15) is 40.2 Å². The Bertz CT molecular complexity index is 1520. The van der Waals surface area contributed by atoms with Crippen molar-refractivity contribution in [1.29, 1.82) is 0 Å². The average molecular weight is 571 g/mol. The van der Waals surface area contributed by atoms with Crippen molar-refractivity contribution < 1.29 is 24.7 Å². The predicted molar refractivity (Wildman–Crippen MR) is 143 cm³/mol. The summed E-state index contributed by atoms with van der Waals surface area (Å²) in [5, 5.41) is 46.7. The zero-order valence-electron chi connectivity index (χ0n) is 19.8. The number of thioether (sulfide) groups is 1. The normalized spacial score (nSPS) is 23.3. The van der Waals surface area contributed by atoms with Crippen molar-refractivity contribution in [3.05, 3.63) is 108 Å². The second-order valence-corrected chi connectivity index (χ2v) is 11.0. The van der Waals surface area contributed by atoms with Crippen LogP contribution < -0.4 is 5.32 Å². The van der Waals surface area contributed by atoms with Crippen molar-refractivity contribution in [2.75, 3.05) is 5.32 Å². The van der Waals surface area contributed by atoms with Crippen LogP contribution in [-0.4, -0.2) is 36.5 Å². The van der Waals surface area contributed by atoms with E-state index in [1.54, 1.807) is 30.3 Å². The molecule has 39 heavy (non-hydrogen) atoms. The first-order chi connectivity index (χ1) is 18.6. The number of anilines is 1. The van der Waals surface area contributed by atoms with E-state index in [1.165, 1.54) is 30.0 Å². The molecule has 1 saturated carbocycles. The number of carboxylic acid groups (broad SMARTS) is 1. The van der Waals surface area contributed by atoms with E-state index < -0.39 is 43.3 Å². The van der Waals surface area contributed by atoms with Gasteiger partial charge in [-0.05, 0) is 30.0 Å². The van der Waals surface area contributed by atoms with Gasteiger partial charge in [-0.25, -0.2) is 4.79 Å². The molecule has 0 saturated heterocycles. The molecular formula is C25H19ClN4O8S. The summed E-state index contributed by atoms with van der Waals surface area (Å²) in [6.07, 6.45) is 0.387. The number of hydrogen-bond acceptors (Lipinski definition) is 9. The van der Waals surface area contributed by atoms with Crippen molar-refractivity contribution in [2.24, 2.45) is 5.92 Å². The first-order valence-electron chi connectivity index (χ1n) is 11.7. The topological polar surface area (TPSA) is 179 Å². The van der Waals surface area contributed by atoms with Crippen LogP contribution in [-0.2, 0) is 0 Å². The molecule has 1 fully saturated rings. The summed E-state index contributed by atoms with van der Waals surface area (Å²) in [5.41, 5.74) is 0.202. The van der Waals surface area contributed by atoms with E-state index >= 15 is 0 Å². The minimum Gasteiger partial charge on any atom is -0.478 e. The number of carboxylic acids is 1. The molecule has 12 nitrogen and oxygen atoms in total. The molecule has 2 aliphatic rings. The van der Waals surface area contributed by atoms with Crippen LogP contribution in [0.1, 0.15) is 39.9 Å². The first-order valence-corrected chi connectivity index (χ1v) is 13.0. The Labute approximate surface area is 229 Å². The minimum atomic E-state index is -1.29. The number of hydrogen-bond donors (Lipinski definition) is 2. The Morgan fingerprint density at radius 2 is 1.59 bits per heavy atom. The highest BCUT2D eigenvalue weighted by Crippen LogP contribution is 2.60. The molecular weight excluding hydrogens is 552 g/mol. The molecule has 1 aliphatic carbocycles. The number of carbonyl (C=O) groups is 1. The molecule has 3 aromatic carbocycles. The summed E-state index contributed by atoms with van der Waals surface area (Å²) in [6, 6.07) is 13.7. The van der Waals surface area contributed by atoms with E-state index in [0.29, 0.717) is 16.9 Å². The fourth-order valence-electron chi connectivity index (χ4n) is 5.55. The smallest absolute Gasteiger partial charge is 0.337 e. The Morgan fingerprint density at radius 1 is 0.923 bits per heavy atom. The van der Waals surface area contributed by atoms with Crippen LogP contribution in [0.2, 0.25) is 0 Å². The number of nitrogens with zero attached hydrogens (tertiary/aromatic N) is 3. The number of aromatic carboxylic acids is 1. The number of alkyl halides is 1. The van der Waals surface area contributed by atoms with Crippen molar-refractivity contribution in [3.8, 4) is 0 Å². The van der Waals surface area contributed by atoms with Gasteiger partial charge in [-0.2, -0.15) is 0 Å². The Morgan fingerprint density at radius 3 is 2.21 bits per heavy atom. The molecule has 0 bridgehead atoms. The largest absolute Gasteiger partial charge is 0.478 e. The molecule has 1 heterocycles. The van der Waals surface area contributed by atoms with Gasteiger partial charge in [0, 0.05) is 35.4 Å². The number of nitro benzene ring substituents is 3. The van der Waals surface area contributed by atoms with Gasteiger partial charge in [0.25, 0.3) is 17.1 Å². The molecule has 5 atom stereocenters. The zero-order chi connectivity index (χ0) is 28.0. The molecule has 0 amide bonds. The third kappa shape index (κ3) is 4.63. The highest BCUT2D eigenvalue weighted by molar-refractivity contribution is 8.00. The Hall–Kier alpha value is -4.23. The lowest BCUT2D eigenvalue weighted by Gasteiger charge is -2.38. The van der Waals surface area contributed by atoms with Gasteiger partial charge >= 0.3 is 5.97 Å². The summed E-state index contributed by atoms with van der Waals surface area (Å²) >= 11 is 8.22. The Kier molecular flexibility index (Phi) is 6.87. The van der Waals surface area contributed by atoms with E-state index in [1.807, 2.05) is 0 Å². The van der Waals surface area contributed by atoms with Gasteiger partial charge in [0.05, 0.1) is 47.9 Å². The number of benzene rings is 3. The number of rotatable bonds is 7. The fraction of sp³-hybridized carbons (Fsp3) is 0.240. The standard InChI is InChI=1S/C25H19ClN4O8S/c26-22-19(39-18-4-2-1-3-16(18)29(35)36)11-15-20(22)21-17(30(37)38)10-9-14(25(31)32)24(21)27-23(15)12-5-7-13(8-6-12)28(33)34/h1-10,15,19-20,22-23,27H,11H2,(H,31,32)/t15-,19-,20+,22+,23-/m0/s1. The summed E-state index contributed by atoms with van der Waals surface area (Å²) < 4.78 is 0. The van der Waals surface area contributed by atoms with Crippen LogP contribution in [0.3, 0.4) is 0 Å². The number of nitrogens with one attached hydrogen (secondary N) is 1. The molecule has 0 spiro atoms. The van der Waals surface area contributed by atoms with Crippen LogP contribution in [0.5, 0.6) is 0 Å². The minimum absolute atomic E-state index is 0.0725. The number of halogens is 1. The van der Waals surface area contributed by atoms with Crippen LogP contribution in [0.15, 0.2) is 65.6 Å². The fourth-order valence-corrected chi connectivity index (χ4v) is 7.48. The van der Waals surface area contributed by atoms with Crippen LogP contribution in [0.4, 0.5) is 22.7 Å². The first kappa shape index (κ1) is 26.4. The van der Waals surface area contributed by atoms with Crippen molar-refractivity contribution in [2.45, 2.75) is 33.9 Å². The third-order valence-corrected chi connectivity index (χ3v) is 9.29. The molecule has 200 valence electrons. The zero-order valence-corrected chi connectivity index (χ0v) is 21.4. The van der Waals surface area contributed by atoms with E-state index in [4.69, 9.17) is 11.6 Å². The molecule has 1 aliphatic heterocycles.